The van der Waals surface area contributed by atoms with Crippen LogP contribution in [0.5, 0.6) is 0 Å². The zero-order valence-corrected chi connectivity index (χ0v) is 8.19. The molecule has 0 spiro atoms. The van der Waals surface area contributed by atoms with E-state index in [1.54, 1.807) is 19.1 Å². The van der Waals surface area contributed by atoms with Crippen molar-refractivity contribution in [2.45, 2.75) is 18.1 Å². The fraction of sp³-hybridized carbons (Fsp3) is 0.600. The lowest BCUT2D eigenvalue weighted by Crippen LogP contribution is -2.42. The third-order valence-corrected chi connectivity index (χ3v) is 3.64. The summed E-state index contributed by atoms with van der Waals surface area (Å²) < 4.78 is 5.66. The van der Waals surface area contributed by atoms with Crippen LogP contribution in [0.2, 0.25) is 0 Å². The van der Waals surface area contributed by atoms with Crippen molar-refractivity contribution >= 4 is 11.8 Å². The normalized spacial score (nSPS) is 51.1. The van der Waals surface area contributed by atoms with E-state index in [-0.39, 0.29) is 18.4 Å². The Bertz CT molecular complexity index is 404. The van der Waals surface area contributed by atoms with E-state index in [1.807, 2.05) is 0 Å². The molecule has 3 rings (SSSR count). The van der Waals surface area contributed by atoms with Crippen LogP contribution >= 0.6 is 0 Å². The fourth-order valence-corrected chi connectivity index (χ4v) is 2.98. The van der Waals surface area contributed by atoms with Gasteiger partial charge in [-0.15, -0.1) is 0 Å². The third kappa shape index (κ3) is 0.815. The van der Waals surface area contributed by atoms with Crippen molar-refractivity contribution in [3.63, 3.8) is 0 Å². The molecule has 3 aliphatic heterocycles. The average molecular weight is 209 g/mol. The van der Waals surface area contributed by atoms with E-state index in [0.717, 1.165) is 0 Å². The van der Waals surface area contributed by atoms with Gasteiger partial charge in [0.15, 0.2) is 0 Å². The van der Waals surface area contributed by atoms with E-state index in [2.05, 4.69) is 5.32 Å². The Morgan fingerprint density at radius 2 is 2.07 bits per heavy atom. The SMILES string of the molecule is C[C@@]12C=C[C@](CO)(O1)[C@H]1C(=O)NC(=O)[C@H]12. The molecule has 80 valence electrons. The van der Waals surface area contributed by atoms with Gasteiger partial charge in [0.1, 0.15) is 5.60 Å². The molecule has 4 atom stereocenters. The lowest BCUT2D eigenvalue weighted by atomic mass is 9.73. The molecule has 2 saturated heterocycles. The summed E-state index contributed by atoms with van der Waals surface area (Å²) in [7, 11) is 0. The molecule has 0 radical (unpaired) electrons. The number of imide groups is 1. The van der Waals surface area contributed by atoms with Gasteiger partial charge in [0.25, 0.3) is 0 Å². The van der Waals surface area contributed by atoms with E-state index < -0.39 is 23.0 Å². The molecule has 0 aliphatic carbocycles. The van der Waals surface area contributed by atoms with Gasteiger partial charge in [0.2, 0.25) is 11.8 Å². The van der Waals surface area contributed by atoms with Crippen LogP contribution in [-0.2, 0) is 14.3 Å². The summed E-state index contributed by atoms with van der Waals surface area (Å²) in [6, 6.07) is 0. The van der Waals surface area contributed by atoms with Crippen LogP contribution in [0.1, 0.15) is 6.92 Å². The Morgan fingerprint density at radius 3 is 2.73 bits per heavy atom. The van der Waals surface area contributed by atoms with Gasteiger partial charge in [-0.2, -0.15) is 0 Å². The minimum atomic E-state index is -0.990. The molecule has 0 unspecified atom stereocenters. The maximum Gasteiger partial charge on any atom is 0.233 e. The Morgan fingerprint density at radius 1 is 1.40 bits per heavy atom. The Hall–Kier alpha value is -1.20. The van der Waals surface area contributed by atoms with Crippen LogP contribution in [0.3, 0.4) is 0 Å². The molecule has 5 heteroatoms. The van der Waals surface area contributed by atoms with E-state index in [4.69, 9.17) is 4.74 Å². The number of ether oxygens (including phenoxy) is 1. The number of carbonyl (C=O) groups is 2. The lowest BCUT2D eigenvalue weighted by Gasteiger charge is -2.24. The molecule has 3 heterocycles. The van der Waals surface area contributed by atoms with Gasteiger partial charge in [0, 0.05) is 0 Å². The number of fused-ring (bicyclic) bond motifs is 5. The van der Waals surface area contributed by atoms with E-state index >= 15 is 0 Å². The number of aliphatic hydroxyl groups excluding tert-OH is 1. The van der Waals surface area contributed by atoms with Crippen LogP contribution in [0, 0.1) is 11.8 Å². The first kappa shape index (κ1) is 9.06. The van der Waals surface area contributed by atoms with Crippen molar-refractivity contribution in [1.29, 1.82) is 0 Å². The maximum atomic E-state index is 11.6. The second-order valence-electron chi connectivity index (χ2n) is 4.54. The van der Waals surface area contributed by atoms with Crippen molar-refractivity contribution in [2.75, 3.05) is 6.61 Å². The van der Waals surface area contributed by atoms with Crippen molar-refractivity contribution < 1.29 is 19.4 Å². The summed E-state index contributed by atoms with van der Waals surface area (Å²) in [5.41, 5.74) is -1.74. The van der Waals surface area contributed by atoms with Gasteiger partial charge in [0.05, 0.1) is 24.0 Å². The van der Waals surface area contributed by atoms with Crippen molar-refractivity contribution in [1.82, 2.24) is 5.32 Å². The number of nitrogens with one attached hydrogen (secondary N) is 1. The van der Waals surface area contributed by atoms with Crippen molar-refractivity contribution in [3.05, 3.63) is 12.2 Å². The smallest absolute Gasteiger partial charge is 0.233 e. The first-order valence-electron chi connectivity index (χ1n) is 4.88. The highest BCUT2D eigenvalue weighted by molar-refractivity contribution is 6.07. The maximum absolute atomic E-state index is 11.6. The number of carbonyl (C=O) groups excluding carboxylic acids is 2. The van der Waals surface area contributed by atoms with Crippen molar-refractivity contribution in [2.24, 2.45) is 11.8 Å². The molecule has 0 aromatic carbocycles. The zero-order chi connectivity index (χ0) is 10.8. The minimum Gasteiger partial charge on any atom is -0.393 e. The topological polar surface area (TPSA) is 75.6 Å². The van der Waals surface area contributed by atoms with Gasteiger partial charge in [-0.1, -0.05) is 12.2 Å². The highest BCUT2D eigenvalue weighted by atomic mass is 16.5. The van der Waals surface area contributed by atoms with E-state index in [1.165, 1.54) is 0 Å². The third-order valence-electron chi connectivity index (χ3n) is 3.64. The van der Waals surface area contributed by atoms with E-state index in [0.29, 0.717) is 0 Å². The van der Waals surface area contributed by atoms with Gasteiger partial charge in [-0.25, -0.2) is 0 Å². The number of hydrogen-bond donors (Lipinski definition) is 2. The predicted molar refractivity (Wildman–Crippen MR) is 48.6 cm³/mol. The van der Waals surface area contributed by atoms with Gasteiger partial charge < -0.3 is 9.84 Å². The summed E-state index contributed by atoms with van der Waals surface area (Å²) in [5.74, 6) is -1.72. The monoisotopic (exact) mass is 209 g/mol. The van der Waals surface area contributed by atoms with Crippen LogP contribution in [0.25, 0.3) is 0 Å². The number of amides is 2. The number of rotatable bonds is 1. The highest BCUT2D eigenvalue weighted by Crippen LogP contribution is 2.55. The van der Waals surface area contributed by atoms with Crippen LogP contribution < -0.4 is 5.32 Å². The zero-order valence-electron chi connectivity index (χ0n) is 8.19. The quantitative estimate of drug-likeness (QED) is 0.427. The molecular weight excluding hydrogens is 198 g/mol. The van der Waals surface area contributed by atoms with Gasteiger partial charge in [-0.3, -0.25) is 14.9 Å². The molecule has 2 amide bonds. The Labute approximate surface area is 86.1 Å². The summed E-state index contributed by atoms with van der Waals surface area (Å²) in [4.78, 5) is 23.2. The highest BCUT2D eigenvalue weighted by Gasteiger charge is 2.69. The molecule has 0 saturated carbocycles. The van der Waals surface area contributed by atoms with Crippen LogP contribution in [0.4, 0.5) is 0 Å². The average Bonchev–Trinajstić information content (AvgIpc) is 2.75. The predicted octanol–water partition coefficient (Wildman–Crippen LogP) is -1.03. The number of hydrogen-bond acceptors (Lipinski definition) is 4. The van der Waals surface area contributed by atoms with Crippen molar-refractivity contribution in [3.8, 4) is 0 Å². The largest absolute Gasteiger partial charge is 0.393 e. The second-order valence-corrected chi connectivity index (χ2v) is 4.54. The molecule has 2 N–H and O–H groups in total. The van der Waals surface area contributed by atoms with E-state index in [9.17, 15) is 14.7 Å². The minimum absolute atomic E-state index is 0.277. The summed E-state index contributed by atoms with van der Waals surface area (Å²) in [5, 5.41) is 11.6. The molecule has 2 bridgehead atoms. The molecule has 15 heavy (non-hydrogen) atoms. The molecule has 3 aliphatic rings. The first-order valence-corrected chi connectivity index (χ1v) is 4.88. The Kier molecular flexibility index (Phi) is 1.39. The second kappa shape index (κ2) is 2.31. The molecule has 5 nitrogen and oxygen atoms in total. The molecule has 2 fully saturated rings. The standard InChI is InChI=1S/C10H11NO4/c1-9-2-3-10(4-12,15-9)6-5(9)7(13)11-8(6)14/h2-3,5-6,12H,4H2,1H3,(H,11,13,14)/t5-,6+,9-,10+/m0/s1. The lowest BCUT2D eigenvalue weighted by molar-refractivity contribution is -0.134. The molecule has 0 aromatic heterocycles. The van der Waals surface area contributed by atoms with Gasteiger partial charge in [-0.05, 0) is 6.92 Å². The molecule has 0 aromatic rings. The first-order chi connectivity index (χ1) is 7.02. The Balaban J connectivity index is 2.16. The van der Waals surface area contributed by atoms with Crippen LogP contribution in [-0.4, -0.2) is 34.7 Å². The summed E-state index contributed by atoms with van der Waals surface area (Å²) >= 11 is 0. The summed E-state index contributed by atoms with van der Waals surface area (Å²) in [6.07, 6.45) is 3.47. The van der Waals surface area contributed by atoms with Crippen LogP contribution in [0.15, 0.2) is 12.2 Å². The van der Waals surface area contributed by atoms with Gasteiger partial charge >= 0.3 is 0 Å². The molecular formula is C10H11NO4. The summed E-state index contributed by atoms with van der Waals surface area (Å²) in [6.45, 7) is 1.49. The fourth-order valence-electron chi connectivity index (χ4n) is 2.98. The number of aliphatic hydroxyl groups is 1.